The molecule has 75 heavy (non-hydrogen) atoms. The van der Waals surface area contributed by atoms with Gasteiger partial charge in [-0.25, -0.2) is 0 Å². The monoisotopic (exact) mass is 954 g/mol. The van der Waals surface area contributed by atoms with Crippen molar-refractivity contribution < 1.29 is 0 Å². The highest BCUT2D eigenvalue weighted by molar-refractivity contribution is 6.85. The van der Waals surface area contributed by atoms with Crippen molar-refractivity contribution in [2.24, 2.45) is 0 Å². The molecule has 0 saturated carbocycles. The average Bonchev–Trinajstić information content (AvgIpc) is 3.82. The number of fused-ring (bicyclic) bond motifs is 5. The second-order valence-corrected chi connectivity index (χ2v) is 20.1. The van der Waals surface area contributed by atoms with Gasteiger partial charge in [-0.3, -0.25) is 0 Å². The quantitative estimate of drug-likeness (QED) is 0.106. The van der Waals surface area contributed by atoms with Gasteiger partial charge in [-0.2, -0.15) is 0 Å². The van der Waals surface area contributed by atoms with E-state index in [-0.39, 0.29) is 14.0 Å². The number of anilines is 7. The van der Waals surface area contributed by atoms with Crippen LogP contribution >= 0.6 is 0 Å². The maximum atomic E-state index is 2.58. The van der Waals surface area contributed by atoms with Gasteiger partial charge >= 0.3 is 14.0 Å². The van der Waals surface area contributed by atoms with Crippen LogP contribution in [0.4, 0.5) is 39.8 Å². The van der Waals surface area contributed by atoms with E-state index < -0.39 is 0 Å². The fourth-order valence-electron chi connectivity index (χ4n) is 12.7. The molecule has 15 rings (SSSR count). The summed E-state index contributed by atoms with van der Waals surface area (Å²) >= 11 is 0. The van der Waals surface area contributed by atoms with Gasteiger partial charge in [-0.1, -0.05) is 224 Å². The molecule has 1 aliphatic heterocycles. The van der Waals surface area contributed by atoms with E-state index in [1.807, 2.05) is 0 Å². The third-order valence-corrected chi connectivity index (χ3v) is 15.9. The summed E-state index contributed by atoms with van der Waals surface area (Å²) in [7, 11) is 2.27. The molecular formula is C69H48B2N4. The highest BCUT2D eigenvalue weighted by atomic mass is 15.3. The topological polar surface area (TPSA) is 13.0 Å². The van der Waals surface area contributed by atoms with Crippen molar-refractivity contribution >= 4 is 140 Å². The van der Waals surface area contributed by atoms with Crippen molar-refractivity contribution in [3.05, 3.63) is 273 Å². The fraction of sp³-hybridized carbons (Fsp3) is 0.0145. The van der Waals surface area contributed by atoms with Gasteiger partial charge in [-0.15, -0.1) is 0 Å². The first-order valence-corrected chi connectivity index (χ1v) is 26.0. The van der Waals surface area contributed by atoms with Crippen LogP contribution in [0.2, 0.25) is 0 Å². The van der Waals surface area contributed by atoms with Crippen molar-refractivity contribution in [2.75, 3.05) is 26.3 Å². The van der Waals surface area contributed by atoms with E-state index in [1.165, 1.54) is 115 Å². The third-order valence-electron chi connectivity index (χ3n) is 15.9. The van der Waals surface area contributed by atoms with Crippen LogP contribution in [0.15, 0.2) is 273 Å². The predicted molar refractivity (Wildman–Crippen MR) is 324 cm³/mol. The largest absolute Gasteiger partial charge is 0.420 e. The number of nitrogens with zero attached hydrogens (tertiary/aromatic N) is 4. The predicted octanol–water partition coefficient (Wildman–Crippen LogP) is 16.6. The average molecular weight is 955 g/mol. The van der Waals surface area contributed by atoms with Crippen LogP contribution in [0.25, 0.3) is 75.4 Å². The van der Waals surface area contributed by atoms with Gasteiger partial charge in [0.05, 0.1) is 11.4 Å². The normalized spacial score (nSPS) is 12.5. The molecule has 0 fully saturated rings. The van der Waals surface area contributed by atoms with Crippen LogP contribution in [0.3, 0.4) is 0 Å². The van der Waals surface area contributed by atoms with E-state index in [0.29, 0.717) is 0 Å². The molecule has 1 heterocycles. The summed E-state index contributed by atoms with van der Waals surface area (Å²) in [6, 6.07) is 101. The molecule has 0 radical (unpaired) electrons. The van der Waals surface area contributed by atoms with E-state index in [1.54, 1.807) is 0 Å². The van der Waals surface area contributed by atoms with E-state index in [2.05, 4.69) is 299 Å². The first-order chi connectivity index (χ1) is 37.1. The van der Waals surface area contributed by atoms with Gasteiger partial charge < -0.3 is 19.2 Å². The van der Waals surface area contributed by atoms with Crippen LogP contribution in [-0.4, -0.2) is 21.0 Å². The lowest BCUT2D eigenvalue weighted by molar-refractivity contribution is 1.25. The Hall–Kier alpha value is -9.51. The van der Waals surface area contributed by atoms with E-state index in [0.717, 1.165) is 11.4 Å². The lowest BCUT2D eigenvalue weighted by atomic mass is 9.61. The molecule has 0 bridgehead atoms. The van der Waals surface area contributed by atoms with E-state index in [9.17, 15) is 0 Å². The molecule has 0 aromatic heterocycles. The Labute approximate surface area is 437 Å². The molecular weight excluding hydrogens is 906 g/mol. The number of rotatable bonds is 9. The number of hydrogen-bond acceptors (Lipinski definition) is 4. The molecule has 0 aliphatic carbocycles. The Morgan fingerprint density at radius 2 is 0.693 bits per heavy atom. The van der Waals surface area contributed by atoms with Crippen molar-refractivity contribution in [1.82, 2.24) is 0 Å². The highest BCUT2D eigenvalue weighted by Gasteiger charge is 2.45. The Morgan fingerprint density at radius 3 is 1.21 bits per heavy atom. The number of hydrogen-bond donors (Lipinski definition) is 0. The molecule has 0 N–H and O–H groups in total. The van der Waals surface area contributed by atoms with Gasteiger partial charge in [0.2, 0.25) is 0 Å². The lowest BCUT2D eigenvalue weighted by Crippen LogP contribution is -2.58. The molecule has 0 spiro atoms. The van der Waals surface area contributed by atoms with Crippen LogP contribution in [0.5, 0.6) is 0 Å². The lowest BCUT2D eigenvalue weighted by Gasteiger charge is -2.39. The van der Waals surface area contributed by atoms with Crippen LogP contribution in [0.1, 0.15) is 0 Å². The maximum Gasteiger partial charge on any atom is 0.420 e. The summed E-state index contributed by atoms with van der Waals surface area (Å²) in [5.41, 5.74) is 10.6. The molecule has 1 aliphatic rings. The Bertz CT molecular complexity index is 4330. The highest BCUT2D eigenvalue weighted by Crippen LogP contribution is 2.49. The number of para-hydroxylation sites is 3. The van der Waals surface area contributed by atoms with Crippen molar-refractivity contribution in [1.29, 1.82) is 0 Å². The van der Waals surface area contributed by atoms with Crippen molar-refractivity contribution in [3.63, 3.8) is 0 Å². The van der Waals surface area contributed by atoms with Gasteiger partial charge in [0.25, 0.3) is 0 Å². The minimum absolute atomic E-state index is 0.198. The first-order valence-electron chi connectivity index (χ1n) is 26.0. The minimum Gasteiger partial charge on any atom is -0.394 e. The molecule has 14 aromatic rings. The van der Waals surface area contributed by atoms with E-state index >= 15 is 0 Å². The minimum atomic E-state index is -0.248. The second kappa shape index (κ2) is 17.3. The molecule has 350 valence electrons. The molecule has 0 unspecified atom stereocenters. The van der Waals surface area contributed by atoms with Crippen molar-refractivity contribution in [2.45, 2.75) is 0 Å². The summed E-state index contributed by atoms with van der Waals surface area (Å²) < 4.78 is 0. The molecule has 0 amide bonds. The van der Waals surface area contributed by atoms with Gasteiger partial charge in [-0.05, 0) is 120 Å². The summed E-state index contributed by atoms with van der Waals surface area (Å²) in [5, 5.41) is 17.2. The zero-order chi connectivity index (χ0) is 49.6. The zero-order valence-electron chi connectivity index (χ0n) is 41.4. The van der Waals surface area contributed by atoms with Gasteiger partial charge in [0.15, 0.2) is 0 Å². The molecule has 0 atom stereocenters. The summed E-state index contributed by atoms with van der Waals surface area (Å²) in [5.74, 6) is 0. The SMILES string of the molecule is CN(B(c1cc2ccc3cc(B4N(c5cccc6ccccc56)c5ccccc5N4c4cccc5ccccc45)cc4ccc(c1)c2c34)N(c1ccccc1)c1cccc2ccccc12)c1cccc2ccccc12. The molecule has 4 nitrogen and oxygen atoms in total. The Morgan fingerprint density at radius 1 is 0.320 bits per heavy atom. The van der Waals surface area contributed by atoms with Gasteiger partial charge in [0, 0.05) is 50.0 Å². The molecule has 14 aromatic carbocycles. The van der Waals surface area contributed by atoms with Crippen LogP contribution < -0.4 is 30.2 Å². The van der Waals surface area contributed by atoms with Crippen molar-refractivity contribution in [3.8, 4) is 0 Å². The molecule has 6 heteroatoms. The smallest absolute Gasteiger partial charge is 0.394 e. The summed E-state index contributed by atoms with van der Waals surface area (Å²) in [6.45, 7) is -0.447. The fourth-order valence-corrected chi connectivity index (χ4v) is 12.7. The maximum absolute atomic E-state index is 2.58. The van der Waals surface area contributed by atoms with Gasteiger partial charge in [0.1, 0.15) is 0 Å². The summed E-state index contributed by atoms with van der Waals surface area (Å²) in [6.07, 6.45) is 0. The standard InChI is InChI=1S/C69H48B2N4/c1-72(62-35-15-23-47-19-5-9-29-58(47)62)70(73(57-27-3-2-4-28-57)63-36-16-24-48-20-6-10-30-59(48)63)55-43-51-39-41-53-45-56(46-54-42-40-52(44-55)68(51)69(53)54)71-74(64-37-17-25-49-21-7-11-31-60(49)64)66-33-13-14-34-67(66)75(71)65-38-18-26-50-22-8-12-32-61(50)65/h2-46H,1H3. The van der Waals surface area contributed by atoms with E-state index in [4.69, 9.17) is 0 Å². The summed E-state index contributed by atoms with van der Waals surface area (Å²) in [4.78, 5) is 10.2. The zero-order valence-corrected chi connectivity index (χ0v) is 41.4. The number of benzene rings is 14. The first kappa shape index (κ1) is 43.1. The molecule has 0 saturated heterocycles. The Kier molecular flexibility index (Phi) is 9.96. The Balaban J connectivity index is 0.945. The van der Waals surface area contributed by atoms with Crippen LogP contribution in [-0.2, 0) is 0 Å². The second-order valence-electron chi connectivity index (χ2n) is 20.1. The van der Waals surface area contributed by atoms with Crippen LogP contribution in [0, 0.1) is 0 Å². The third kappa shape index (κ3) is 6.87.